The summed E-state index contributed by atoms with van der Waals surface area (Å²) in [6.07, 6.45) is 5.03. The molecule has 1 aliphatic carbocycles. The maximum Gasteiger partial charge on any atom is 0.333 e. The number of nitrogens with zero attached hydrogens (tertiary/aromatic N) is 3. The molecule has 0 radical (unpaired) electrons. The number of aromatic nitrogens is 2. The van der Waals surface area contributed by atoms with E-state index in [4.69, 9.17) is 0 Å². The van der Waals surface area contributed by atoms with Gasteiger partial charge in [0.05, 0.1) is 0 Å². The molecule has 0 aromatic carbocycles. The van der Waals surface area contributed by atoms with Gasteiger partial charge in [0.15, 0.2) is 0 Å². The van der Waals surface area contributed by atoms with E-state index in [0.717, 1.165) is 25.7 Å². The van der Waals surface area contributed by atoms with E-state index < -0.39 is 12.5 Å². The van der Waals surface area contributed by atoms with Crippen molar-refractivity contribution >= 4 is 11.7 Å². The number of carbonyl (C=O) groups excluding carboxylic acids is 2. The van der Waals surface area contributed by atoms with Gasteiger partial charge >= 0.3 is 6.55 Å². The minimum absolute atomic E-state index is 0.108. The Hall–Kier alpha value is -1.79. The fourth-order valence-corrected chi connectivity index (χ4v) is 3.48. The Morgan fingerprint density at radius 2 is 2.10 bits per heavy atom. The van der Waals surface area contributed by atoms with Gasteiger partial charge in [-0.2, -0.15) is 18.6 Å². The number of hydrogen-bond donors (Lipinski definition) is 0. The van der Waals surface area contributed by atoms with Crippen molar-refractivity contribution in [1.29, 1.82) is 0 Å². The van der Waals surface area contributed by atoms with Gasteiger partial charge in [-0.15, -0.1) is 0 Å². The van der Waals surface area contributed by atoms with E-state index in [-0.39, 0.29) is 23.4 Å². The number of alkyl halides is 2. The summed E-state index contributed by atoms with van der Waals surface area (Å²) in [6.45, 7) is -2.53. The van der Waals surface area contributed by atoms with Crippen LogP contribution in [-0.4, -0.2) is 39.0 Å². The molecule has 0 N–H and O–H groups in total. The average molecular weight is 297 g/mol. The molecule has 3 rings (SSSR count). The van der Waals surface area contributed by atoms with E-state index in [9.17, 15) is 18.4 Å². The number of likely N-dealkylation sites (tertiary alicyclic amines) is 1. The second-order valence-corrected chi connectivity index (χ2v) is 5.61. The summed E-state index contributed by atoms with van der Waals surface area (Å²) < 4.78 is 26.2. The third-order valence-corrected chi connectivity index (χ3v) is 4.48. The highest BCUT2D eigenvalue weighted by Crippen LogP contribution is 2.34. The number of hydrogen-bond acceptors (Lipinski definition) is 3. The smallest absolute Gasteiger partial charge is 0.333 e. The highest BCUT2D eigenvalue weighted by molar-refractivity contribution is 5.94. The second kappa shape index (κ2) is 5.54. The molecule has 1 aromatic rings. The molecule has 2 atom stereocenters. The molecular weight excluding hydrogens is 280 g/mol. The number of amides is 1. The summed E-state index contributed by atoms with van der Waals surface area (Å²) in [5.41, 5.74) is -0.108. The SMILES string of the molecule is O=C1CCN(C(=O)c2ccnn2C(F)F)C2CCCCC12. The average Bonchev–Trinajstić information content (AvgIpc) is 2.97. The highest BCUT2D eigenvalue weighted by Gasteiger charge is 2.41. The first-order valence-electron chi connectivity index (χ1n) is 7.25. The summed E-state index contributed by atoms with van der Waals surface area (Å²) in [7, 11) is 0. The molecular formula is C14H17F2N3O2. The highest BCUT2D eigenvalue weighted by atomic mass is 19.3. The van der Waals surface area contributed by atoms with Crippen LogP contribution in [0.15, 0.2) is 12.3 Å². The summed E-state index contributed by atoms with van der Waals surface area (Å²) in [5, 5.41) is 3.50. The Morgan fingerprint density at radius 3 is 2.86 bits per heavy atom. The molecule has 5 nitrogen and oxygen atoms in total. The summed E-state index contributed by atoms with van der Waals surface area (Å²) >= 11 is 0. The fraction of sp³-hybridized carbons (Fsp3) is 0.643. The predicted molar refractivity (Wildman–Crippen MR) is 69.9 cm³/mol. The Labute approximate surface area is 120 Å². The third kappa shape index (κ3) is 2.45. The Balaban J connectivity index is 1.86. The van der Waals surface area contributed by atoms with Crippen molar-refractivity contribution in [2.24, 2.45) is 5.92 Å². The van der Waals surface area contributed by atoms with Gasteiger partial charge in [0.2, 0.25) is 0 Å². The van der Waals surface area contributed by atoms with Gasteiger partial charge in [0.25, 0.3) is 5.91 Å². The van der Waals surface area contributed by atoms with Crippen LogP contribution in [0.2, 0.25) is 0 Å². The second-order valence-electron chi connectivity index (χ2n) is 5.61. The summed E-state index contributed by atoms with van der Waals surface area (Å²) in [4.78, 5) is 26.1. The number of ketones is 1. The number of Topliss-reactive ketones (excluding diaryl/α,β-unsaturated/α-hetero) is 1. The van der Waals surface area contributed by atoms with E-state index in [2.05, 4.69) is 5.10 Å². The zero-order valence-corrected chi connectivity index (χ0v) is 11.5. The maximum atomic E-state index is 12.9. The monoisotopic (exact) mass is 297 g/mol. The van der Waals surface area contributed by atoms with Crippen LogP contribution in [0.3, 0.4) is 0 Å². The van der Waals surface area contributed by atoms with Crippen molar-refractivity contribution in [1.82, 2.24) is 14.7 Å². The van der Waals surface area contributed by atoms with E-state index in [1.54, 1.807) is 4.90 Å². The molecule has 1 saturated heterocycles. The number of carbonyl (C=O) groups is 2. The molecule has 0 bridgehead atoms. The zero-order valence-electron chi connectivity index (χ0n) is 11.5. The zero-order chi connectivity index (χ0) is 15.0. The molecule has 2 heterocycles. The Bertz CT molecular complexity index is 558. The lowest BCUT2D eigenvalue weighted by molar-refractivity contribution is -0.129. The van der Waals surface area contributed by atoms with Gasteiger partial charge in [0.1, 0.15) is 11.5 Å². The number of halogens is 2. The fourth-order valence-electron chi connectivity index (χ4n) is 3.48. The van der Waals surface area contributed by atoms with Crippen molar-refractivity contribution in [3.8, 4) is 0 Å². The van der Waals surface area contributed by atoms with Gasteiger partial charge in [-0.1, -0.05) is 12.8 Å². The lowest BCUT2D eigenvalue weighted by atomic mass is 9.77. The van der Waals surface area contributed by atoms with Crippen molar-refractivity contribution in [3.63, 3.8) is 0 Å². The molecule has 1 saturated carbocycles. The molecule has 7 heteroatoms. The van der Waals surface area contributed by atoms with E-state index in [0.29, 0.717) is 17.6 Å². The summed E-state index contributed by atoms with van der Waals surface area (Å²) in [5.74, 6) is -0.373. The van der Waals surface area contributed by atoms with Crippen molar-refractivity contribution in [2.45, 2.75) is 44.7 Å². The third-order valence-electron chi connectivity index (χ3n) is 4.48. The van der Waals surface area contributed by atoms with Gasteiger partial charge in [-0.05, 0) is 18.9 Å². The first-order valence-corrected chi connectivity index (χ1v) is 7.25. The molecule has 2 aliphatic rings. The lowest BCUT2D eigenvalue weighted by Crippen LogP contribution is -2.53. The van der Waals surface area contributed by atoms with Crippen LogP contribution in [0.25, 0.3) is 0 Å². The largest absolute Gasteiger partial charge is 0.333 e. The van der Waals surface area contributed by atoms with Crippen LogP contribution >= 0.6 is 0 Å². The van der Waals surface area contributed by atoms with Crippen molar-refractivity contribution in [2.75, 3.05) is 6.54 Å². The number of piperidine rings is 1. The standard InChI is InChI=1S/C14H17F2N3O2/c15-14(16)19-11(5-7-17-19)13(21)18-8-6-12(20)9-3-1-2-4-10(9)18/h5,7,9-10,14H,1-4,6,8H2. The van der Waals surface area contributed by atoms with Gasteiger partial charge < -0.3 is 4.90 Å². The molecule has 1 amide bonds. The summed E-state index contributed by atoms with van der Waals surface area (Å²) in [6, 6.07) is 1.16. The molecule has 1 aliphatic heterocycles. The number of rotatable bonds is 2. The molecule has 114 valence electrons. The van der Waals surface area contributed by atoms with Crippen LogP contribution in [0, 0.1) is 5.92 Å². The van der Waals surface area contributed by atoms with Crippen LogP contribution in [0.4, 0.5) is 8.78 Å². The molecule has 1 aromatic heterocycles. The maximum absolute atomic E-state index is 12.9. The molecule has 2 fully saturated rings. The van der Waals surface area contributed by atoms with E-state index in [1.807, 2.05) is 0 Å². The van der Waals surface area contributed by atoms with E-state index >= 15 is 0 Å². The van der Waals surface area contributed by atoms with Crippen LogP contribution < -0.4 is 0 Å². The Kier molecular flexibility index (Phi) is 3.73. The normalized spacial score (nSPS) is 26.0. The van der Waals surface area contributed by atoms with Crippen molar-refractivity contribution < 1.29 is 18.4 Å². The minimum atomic E-state index is -2.84. The number of fused-ring (bicyclic) bond motifs is 1. The lowest BCUT2D eigenvalue weighted by Gasteiger charge is -2.43. The minimum Gasteiger partial charge on any atom is -0.333 e. The van der Waals surface area contributed by atoms with Crippen LogP contribution in [0.1, 0.15) is 49.1 Å². The first kappa shape index (κ1) is 14.2. The molecule has 21 heavy (non-hydrogen) atoms. The van der Waals surface area contributed by atoms with Crippen molar-refractivity contribution in [3.05, 3.63) is 18.0 Å². The molecule has 2 unspecified atom stereocenters. The quantitative estimate of drug-likeness (QED) is 0.841. The topological polar surface area (TPSA) is 55.2 Å². The first-order chi connectivity index (χ1) is 10.1. The van der Waals surface area contributed by atoms with Gasteiger partial charge in [0, 0.05) is 31.1 Å². The van der Waals surface area contributed by atoms with Crippen LogP contribution in [0.5, 0.6) is 0 Å². The van der Waals surface area contributed by atoms with Crippen LogP contribution in [-0.2, 0) is 4.79 Å². The Morgan fingerprint density at radius 1 is 1.33 bits per heavy atom. The predicted octanol–water partition coefficient (Wildman–Crippen LogP) is 2.25. The molecule has 0 spiro atoms. The van der Waals surface area contributed by atoms with Gasteiger partial charge in [-0.25, -0.2) is 0 Å². The van der Waals surface area contributed by atoms with E-state index in [1.165, 1.54) is 12.3 Å². The van der Waals surface area contributed by atoms with Gasteiger partial charge in [-0.3, -0.25) is 9.59 Å².